The van der Waals surface area contributed by atoms with Crippen LogP contribution in [0.3, 0.4) is 0 Å². The molecular weight excluding hydrogens is 657 g/mol. The van der Waals surface area contributed by atoms with E-state index >= 15 is 0 Å². The lowest BCUT2D eigenvalue weighted by atomic mass is 9.93. The fourth-order valence-corrected chi connectivity index (χ4v) is 6.29. The van der Waals surface area contributed by atoms with Gasteiger partial charge in [-0.1, -0.05) is 56.1 Å². The Kier molecular flexibility index (Phi) is 8.79. The zero-order valence-corrected chi connectivity index (χ0v) is 25.0. The lowest BCUT2D eigenvalue weighted by molar-refractivity contribution is -0.138. The van der Waals surface area contributed by atoms with E-state index in [9.17, 15) is 22.4 Å². The maximum Gasteiger partial charge on any atom is 0.325 e. The highest BCUT2D eigenvalue weighted by atomic mass is 79.9. The minimum atomic E-state index is -3.86. The van der Waals surface area contributed by atoms with E-state index in [4.69, 9.17) is 5.11 Å². The Balaban J connectivity index is 1.63. The summed E-state index contributed by atoms with van der Waals surface area (Å²) in [5.41, 5.74) is 1.88. The van der Waals surface area contributed by atoms with Crippen LogP contribution >= 0.6 is 31.9 Å². The van der Waals surface area contributed by atoms with Gasteiger partial charge in [0.05, 0.1) is 24.0 Å². The molecule has 3 aromatic rings. The number of carboxylic acids is 1. The van der Waals surface area contributed by atoms with E-state index in [2.05, 4.69) is 42.1 Å². The topological polar surface area (TPSA) is 107 Å². The highest BCUT2D eigenvalue weighted by molar-refractivity contribution is 9.10. The van der Waals surface area contributed by atoms with Crippen molar-refractivity contribution in [1.29, 1.82) is 0 Å². The van der Waals surface area contributed by atoms with Gasteiger partial charge in [0.25, 0.3) is 5.91 Å². The Bertz CT molecular complexity index is 1430. The molecule has 0 aliphatic carbocycles. The number of benzene rings is 3. The first-order valence-corrected chi connectivity index (χ1v) is 15.4. The van der Waals surface area contributed by atoms with Gasteiger partial charge < -0.3 is 10.4 Å². The second kappa shape index (κ2) is 11.7. The summed E-state index contributed by atoms with van der Waals surface area (Å²) in [6.07, 6.45) is 1.04. The Morgan fingerprint density at radius 2 is 1.51 bits per heavy atom. The number of halogens is 3. The lowest BCUT2D eigenvalue weighted by Gasteiger charge is -2.48. The number of likely N-dealkylation sites (tertiary alicyclic amines) is 1. The molecule has 1 aliphatic heterocycles. The summed E-state index contributed by atoms with van der Waals surface area (Å²) in [5, 5.41) is 11.3. The SMILES string of the molecule is C[C@H](NC(=O)c1cc(F)cc(N(C2CN(C(c3ccc(Br)cc3)c3ccc(Br)cc3)C2)S(C)(=O)=O)c1)C(=O)O. The van der Waals surface area contributed by atoms with Crippen LogP contribution in [0.2, 0.25) is 0 Å². The Labute approximate surface area is 243 Å². The van der Waals surface area contributed by atoms with Crippen LogP contribution in [0.1, 0.15) is 34.5 Å². The lowest BCUT2D eigenvalue weighted by Crippen LogP contribution is -2.61. The molecule has 1 amide bonds. The average Bonchev–Trinajstić information content (AvgIpc) is 2.83. The van der Waals surface area contributed by atoms with Crippen molar-refractivity contribution < 1.29 is 27.5 Å². The van der Waals surface area contributed by atoms with Crippen LogP contribution < -0.4 is 9.62 Å². The molecule has 1 aliphatic rings. The summed E-state index contributed by atoms with van der Waals surface area (Å²) < 4.78 is 43.4. The van der Waals surface area contributed by atoms with Crippen molar-refractivity contribution in [2.24, 2.45) is 0 Å². The molecule has 3 aromatic carbocycles. The van der Waals surface area contributed by atoms with Crippen molar-refractivity contribution in [2.45, 2.75) is 25.0 Å². The number of hydrogen-bond donors (Lipinski definition) is 2. The van der Waals surface area contributed by atoms with Gasteiger partial charge in [0.2, 0.25) is 10.0 Å². The van der Waals surface area contributed by atoms with Crippen LogP contribution in [-0.4, -0.2) is 61.7 Å². The number of hydrogen-bond acceptors (Lipinski definition) is 5. The largest absolute Gasteiger partial charge is 0.480 e. The van der Waals surface area contributed by atoms with Crippen LogP contribution in [0.25, 0.3) is 0 Å². The fourth-order valence-electron chi connectivity index (χ4n) is 4.60. The fraction of sp³-hybridized carbons (Fsp3) is 0.259. The number of aliphatic carboxylic acids is 1. The van der Waals surface area contributed by atoms with Gasteiger partial charge >= 0.3 is 5.97 Å². The van der Waals surface area contributed by atoms with Crippen LogP contribution in [0, 0.1) is 5.82 Å². The van der Waals surface area contributed by atoms with Gasteiger partial charge in [0, 0.05) is 27.6 Å². The summed E-state index contributed by atoms with van der Waals surface area (Å²) >= 11 is 6.93. The first-order valence-electron chi connectivity index (χ1n) is 11.9. The number of nitrogens with one attached hydrogen (secondary N) is 1. The summed E-state index contributed by atoms with van der Waals surface area (Å²) in [7, 11) is -3.86. The quantitative estimate of drug-likeness (QED) is 0.336. The predicted molar refractivity (Wildman–Crippen MR) is 154 cm³/mol. The molecule has 0 saturated carbocycles. The first-order chi connectivity index (χ1) is 18.3. The summed E-state index contributed by atoms with van der Waals surface area (Å²) in [6, 6.07) is 17.2. The third-order valence-electron chi connectivity index (χ3n) is 6.43. The molecule has 2 N–H and O–H groups in total. The second-order valence-electron chi connectivity index (χ2n) is 9.40. The zero-order valence-electron chi connectivity index (χ0n) is 21.0. The van der Waals surface area contributed by atoms with Gasteiger partial charge in [0.1, 0.15) is 11.9 Å². The van der Waals surface area contributed by atoms with Crippen LogP contribution in [0.4, 0.5) is 10.1 Å². The number of carboxylic acid groups (broad SMARTS) is 1. The molecule has 0 aromatic heterocycles. The van der Waals surface area contributed by atoms with Crippen LogP contribution in [0.15, 0.2) is 75.7 Å². The molecule has 206 valence electrons. The van der Waals surface area contributed by atoms with E-state index in [0.29, 0.717) is 13.1 Å². The number of carbonyl (C=O) groups is 2. The molecule has 0 radical (unpaired) electrons. The van der Waals surface area contributed by atoms with Crippen LogP contribution in [0.5, 0.6) is 0 Å². The predicted octanol–water partition coefficient (Wildman–Crippen LogP) is 4.79. The van der Waals surface area contributed by atoms with E-state index in [0.717, 1.165) is 42.8 Å². The maximum atomic E-state index is 14.6. The second-order valence-corrected chi connectivity index (χ2v) is 13.1. The van der Waals surface area contributed by atoms with Crippen LogP contribution in [-0.2, 0) is 14.8 Å². The third kappa shape index (κ3) is 6.86. The minimum Gasteiger partial charge on any atom is -0.480 e. The highest BCUT2D eigenvalue weighted by Gasteiger charge is 2.41. The van der Waals surface area contributed by atoms with Crippen molar-refractivity contribution in [3.05, 3.63) is 98.2 Å². The normalized spacial score (nSPS) is 15.0. The molecule has 1 heterocycles. The molecule has 12 heteroatoms. The van der Waals surface area contributed by atoms with Crippen molar-refractivity contribution in [3.8, 4) is 0 Å². The van der Waals surface area contributed by atoms with E-state index in [1.807, 2.05) is 48.5 Å². The number of sulfonamides is 1. The first kappa shape index (κ1) is 29.2. The highest BCUT2D eigenvalue weighted by Crippen LogP contribution is 2.37. The molecular formula is C27H26Br2FN3O5S. The third-order valence-corrected chi connectivity index (χ3v) is 8.71. The van der Waals surface area contributed by atoms with Gasteiger partial charge in [-0.15, -0.1) is 0 Å². The van der Waals surface area contributed by atoms with Crippen molar-refractivity contribution in [2.75, 3.05) is 23.7 Å². The van der Waals surface area contributed by atoms with Gasteiger partial charge in [-0.3, -0.25) is 18.8 Å². The maximum absolute atomic E-state index is 14.6. The number of amides is 1. The number of rotatable bonds is 9. The smallest absolute Gasteiger partial charge is 0.325 e. The summed E-state index contributed by atoms with van der Waals surface area (Å²) in [5.74, 6) is -2.88. The monoisotopic (exact) mass is 681 g/mol. The molecule has 0 unspecified atom stereocenters. The molecule has 8 nitrogen and oxygen atoms in total. The summed E-state index contributed by atoms with van der Waals surface area (Å²) in [6.45, 7) is 2.00. The van der Waals surface area contributed by atoms with Gasteiger partial charge in [-0.2, -0.15) is 0 Å². The molecule has 4 rings (SSSR count). The minimum absolute atomic E-state index is 0.000823. The van der Waals surface area contributed by atoms with E-state index in [1.165, 1.54) is 13.0 Å². The Morgan fingerprint density at radius 3 is 1.97 bits per heavy atom. The Hall–Kier alpha value is -2.80. The van der Waals surface area contributed by atoms with Crippen molar-refractivity contribution >= 4 is 59.4 Å². The molecule has 1 saturated heterocycles. The number of nitrogens with zero attached hydrogens (tertiary/aromatic N) is 2. The van der Waals surface area contributed by atoms with E-state index < -0.39 is 39.8 Å². The Morgan fingerprint density at radius 1 is 1.00 bits per heavy atom. The molecule has 39 heavy (non-hydrogen) atoms. The summed E-state index contributed by atoms with van der Waals surface area (Å²) in [4.78, 5) is 25.8. The van der Waals surface area contributed by atoms with E-state index in [-0.39, 0.29) is 17.3 Å². The zero-order chi connectivity index (χ0) is 28.5. The molecule has 0 spiro atoms. The number of carbonyl (C=O) groups excluding carboxylic acids is 1. The van der Waals surface area contributed by atoms with Gasteiger partial charge in [-0.05, 0) is 60.5 Å². The molecule has 1 fully saturated rings. The standard InChI is InChI=1S/C27H26Br2FN3O5S/c1-16(27(35)36)31-26(34)19-11-22(30)13-23(12-19)33(39(2,37)38)24-14-32(15-24)25(17-3-7-20(28)8-4-17)18-5-9-21(29)10-6-18/h3-13,16,24-25H,14-15H2,1-2H3,(H,31,34)(H,35,36)/t16-/m0/s1. The number of anilines is 1. The van der Waals surface area contributed by atoms with Crippen molar-refractivity contribution in [3.63, 3.8) is 0 Å². The van der Waals surface area contributed by atoms with E-state index in [1.54, 1.807) is 0 Å². The molecule has 0 bridgehead atoms. The average molecular weight is 683 g/mol. The van der Waals surface area contributed by atoms with Gasteiger partial charge in [-0.25, -0.2) is 12.8 Å². The van der Waals surface area contributed by atoms with Crippen molar-refractivity contribution in [1.82, 2.24) is 10.2 Å². The van der Waals surface area contributed by atoms with Gasteiger partial charge in [0.15, 0.2) is 0 Å². The molecule has 1 atom stereocenters.